The normalized spacial score (nSPS) is 10.7. The Morgan fingerprint density at radius 1 is 1.24 bits per heavy atom. The van der Waals surface area contributed by atoms with Crippen molar-refractivity contribution >= 4 is 33.5 Å². The maximum Gasteiger partial charge on any atom is 0.361 e. The van der Waals surface area contributed by atoms with E-state index in [1.54, 1.807) is 23.7 Å². The van der Waals surface area contributed by atoms with E-state index < -0.39 is 5.97 Å². The molecule has 0 radical (unpaired) electrons. The van der Waals surface area contributed by atoms with Crippen molar-refractivity contribution < 1.29 is 9.53 Å². The number of halogens is 2. The smallest absolute Gasteiger partial charge is 0.361 e. The number of ether oxygens (including phenoxy) is 1. The first-order valence-corrected chi connectivity index (χ1v) is 8.73. The summed E-state index contributed by atoms with van der Waals surface area (Å²) in [5.41, 5.74) is 3.53. The van der Waals surface area contributed by atoms with Crippen molar-refractivity contribution in [3.05, 3.63) is 74.5 Å². The highest BCUT2D eigenvalue weighted by Gasteiger charge is 2.19. The van der Waals surface area contributed by atoms with Gasteiger partial charge in [-0.15, -0.1) is 5.10 Å². The summed E-state index contributed by atoms with van der Waals surface area (Å²) in [6.07, 6.45) is 0. The van der Waals surface area contributed by atoms with E-state index in [0.29, 0.717) is 10.7 Å². The molecule has 25 heavy (non-hydrogen) atoms. The molecule has 1 aromatic heterocycles. The zero-order valence-corrected chi connectivity index (χ0v) is 16.0. The average molecular weight is 421 g/mol. The van der Waals surface area contributed by atoms with Crippen LogP contribution in [0, 0.1) is 13.8 Å². The predicted molar refractivity (Wildman–Crippen MR) is 99.1 cm³/mol. The molecule has 0 unspecified atom stereocenters. The molecule has 2 aromatic carbocycles. The van der Waals surface area contributed by atoms with Crippen LogP contribution >= 0.6 is 27.5 Å². The molecular weight excluding hydrogens is 406 g/mol. The average Bonchev–Trinajstić information content (AvgIpc) is 2.97. The van der Waals surface area contributed by atoms with E-state index in [4.69, 9.17) is 16.3 Å². The monoisotopic (exact) mass is 419 g/mol. The molecule has 128 valence electrons. The minimum absolute atomic E-state index is 0.128. The fourth-order valence-electron chi connectivity index (χ4n) is 2.37. The summed E-state index contributed by atoms with van der Waals surface area (Å²) in [5, 5.41) is 8.65. The second-order valence-electron chi connectivity index (χ2n) is 5.57. The van der Waals surface area contributed by atoms with Crippen LogP contribution in [-0.2, 0) is 11.3 Å². The van der Waals surface area contributed by atoms with Crippen molar-refractivity contribution in [1.29, 1.82) is 0 Å². The number of hydrogen-bond donors (Lipinski definition) is 0. The van der Waals surface area contributed by atoms with Crippen molar-refractivity contribution in [2.24, 2.45) is 0 Å². The predicted octanol–water partition coefficient (Wildman–Crippen LogP) is 4.66. The Hall–Kier alpha value is -2.18. The maximum absolute atomic E-state index is 12.3. The molecule has 3 aromatic rings. The zero-order valence-electron chi connectivity index (χ0n) is 13.7. The molecule has 5 nitrogen and oxygen atoms in total. The lowest BCUT2D eigenvalue weighted by Crippen LogP contribution is -2.08. The molecule has 0 bridgehead atoms. The van der Waals surface area contributed by atoms with Gasteiger partial charge in [0.1, 0.15) is 6.61 Å². The number of aromatic nitrogens is 3. The third kappa shape index (κ3) is 3.91. The van der Waals surface area contributed by atoms with Gasteiger partial charge in [-0.05, 0) is 55.3 Å². The molecule has 1 heterocycles. The molecular formula is C18H15BrClN3O2. The molecule has 0 fully saturated rings. The molecule has 0 atom stereocenters. The number of hydrogen-bond acceptors (Lipinski definition) is 4. The molecule has 3 rings (SSSR count). The van der Waals surface area contributed by atoms with Crippen molar-refractivity contribution in [2.75, 3.05) is 0 Å². The van der Waals surface area contributed by atoms with Crippen molar-refractivity contribution in [2.45, 2.75) is 20.5 Å². The first-order chi connectivity index (χ1) is 12.0. The number of carbonyl (C=O) groups excluding carboxylic acids is 1. The Bertz CT molecular complexity index is 940. The largest absolute Gasteiger partial charge is 0.456 e. The van der Waals surface area contributed by atoms with E-state index in [1.165, 1.54) is 0 Å². The number of carbonyl (C=O) groups is 1. The summed E-state index contributed by atoms with van der Waals surface area (Å²) >= 11 is 9.40. The zero-order chi connectivity index (χ0) is 18.0. The van der Waals surface area contributed by atoms with Gasteiger partial charge in [-0.2, -0.15) is 0 Å². The van der Waals surface area contributed by atoms with Crippen LogP contribution in [0.25, 0.3) is 5.69 Å². The number of aryl methyl sites for hydroxylation is 1. The van der Waals surface area contributed by atoms with E-state index in [1.807, 2.05) is 37.3 Å². The van der Waals surface area contributed by atoms with Gasteiger partial charge in [0.15, 0.2) is 5.69 Å². The van der Waals surface area contributed by atoms with Gasteiger partial charge < -0.3 is 4.74 Å². The molecule has 0 amide bonds. The van der Waals surface area contributed by atoms with E-state index in [9.17, 15) is 4.79 Å². The number of benzene rings is 2. The second-order valence-corrected chi connectivity index (χ2v) is 6.87. The first kappa shape index (κ1) is 17.6. The van der Waals surface area contributed by atoms with Gasteiger partial charge in [0.05, 0.1) is 11.4 Å². The van der Waals surface area contributed by atoms with Crippen LogP contribution in [0.1, 0.15) is 27.3 Å². The first-order valence-electron chi connectivity index (χ1n) is 7.56. The Morgan fingerprint density at radius 3 is 2.76 bits per heavy atom. The van der Waals surface area contributed by atoms with Crippen molar-refractivity contribution in [3.63, 3.8) is 0 Å². The third-order valence-electron chi connectivity index (χ3n) is 3.73. The van der Waals surface area contributed by atoms with E-state index >= 15 is 0 Å². The number of nitrogens with zero attached hydrogens (tertiary/aromatic N) is 3. The summed E-state index contributed by atoms with van der Waals surface area (Å²) in [6.45, 7) is 3.90. The summed E-state index contributed by atoms with van der Waals surface area (Å²) in [7, 11) is 0. The summed E-state index contributed by atoms with van der Waals surface area (Å²) in [4.78, 5) is 12.3. The third-order valence-corrected chi connectivity index (χ3v) is 4.86. The molecule has 0 aliphatic heterocycles. The lowest BCUT2D eigenvalue weighted by molar-refractivity contribution is 0.0464. The number of rotatable bonds is 4. The summed E-state index contributed by atoms with van der Waals surface area (Å²) in [5.74, 6) is -0.516. The minimum atomic E-state index is -0.516. The molecule has 0 aliphatic carbocycles. The van der Waals surface area contributed by atoms with Crippen LogP contribution < -0.4 is 0 Å². The van der Waals surface area contributed by atoms with Crippen LogP contribution in [0.4, 0.5) is 0 Å². The van der Waals surface area contributed by atoms with E-state index in [0.717, 1.165) is 21.3 Å². The van der Waals surface area contributed by atoms with Gasteiger partial charge in [0.2, 0.25) is 0 Å². The van der Waals surface area contributed by atoms with Crippen LogP contribution in [0.3, 0.4) is 0 Å². The van der Waals surface area contributed by atoms with Crippen molar-refractivity contribution in [1.82, 2.24) is 15.0 Å². The van der Waals surface area contributed by atoms with Crippen LogP contribution in [-0.4, -0.2) is 21.0 Å². The fourth-order valence-corrected chi connectivity index (χ4v) is 2.83. The highest BCUT2D eigenvalue weighted by Crippen LogP contribution is 2.21. The highest BCUT2D eigenvalue weighted by molar-refractivity contribution is 9.10. The van der Waals surface area contributed by atoms with Gasteiger partial charge in [0, 0.05) is 9.50 Å². The van der Waals surface area contributed by atoms with Crippen molar-refractivity contribution in [3.8, 4) is 5.69 Å². The topological polar surface area (TPSA) is 57.0 Å². The van der Waals surface area contributed by atoms with E-state index in [2.05, 4.69) is 26.2 Å². The Kier molecular flexibility index (Phi) is 5.20. The SMILES string of the molecule is Cc1cc(-n2nnc(C(=O)OCc3cccc(Cl)c3)c2C)ccc1Br. The van der Waals surface area contributed by atoms with Crippen LogP contribution in [0.2, 0.25) is 5.02 Å². The van der Waals surface area contributed by atoms with Gasteiger partial charge in [-0.3, -0.25) is 0 Å². The molecule has 0 aliphatic rings. The van der Waals surface area contributed by atoms with Crippen LogP contribution in [0.5, 0.6) is 0 Å². The lowest BCUT2D eigenvalue weighted by Gasteiger charge is -2.07. The quantitative estimate of drug-likeness (QED) is 0.576. The molecule has 0 saturated heterocycles. The van der Waals surface area contributed by atoms with Crippen LogP contribution in [0.15, 0.2) is 46.9 Å². The highest BCUT2D eigenvalue weighted by atomic mass is 79.9. The molecule has 0 N–H and O–H groups in total. The van der Waals surface area contributed by atoms with Gasteiger partial charge in [-0.1, -0.05) is 44.9 Å². The molecule has 0 saturated carbocycles. The van der Waals surface area contributed by atoms with Gasteiger partial charge in [0.25, 0.3) is 0 Å². The Balaban J connectivity index is 1.78. The lowest BCUT2D eigenvalue weighted by atomic mass is 10.2. The Morgan fingerprint density at radius 2 is 2.04 bits per heavy atom. The minimum Gasteiger partial charge on any atom is -0.456 e. The Labute approximate surface area is 158 Å². The maximum atomic E-state index is 12.3. The standard InChI is InChI=1S/C18H15BrClN3O2/c1-11-8-15(6-7-16(11)19)23-12(2)17(21-22-23)18(24)25-10-13-4-3-5-14(20)9-13/h3-9H,10H2,1-2H3. The fraction of sp³-hybridized carbons (Fsp3) is 0.167. The van der Waals surface area contributed by atoms with E-state index in [-0.39, 0.29) is 12.3 Å². The molecule has 7 heteroatoms. The second kappa shape index (κ2) is 7.37. The summed E-state index contributed by atoms with van der Waals surface area (Å²) < 4.78 is 7.95. The van der Waals surface area contributed by atoms with Gasteiger partial charge in [-0.25, -0.2) is 9.48 Å². The summed E-state index contributed by atoms with van der Waals surface area (Å²) in [6, 6.07) is 13.0. The van der Waals surface area contributed by atoms with Gasteiger partial charge >= 0.3 is 5.97 Å². The molecule has 0 spiro atoms. The number of esters is 1.